The van der Waals surface area contributed by atoms with Gasteiger partial charge in [0.1, 0.15) is 6.23 Å². The predicted molar refractivity (Wildman–Crippen MR) is 58.0 cm³/mol. The van der Waals surface area contributed by atoms with Crippen molar-refractivity contribution in [2.45, 2.75) is 33.4 Å². The summed E-state index contributed by atoms with van der Waals surface area (Å²) in [7, 11) is 0. The normalized spacial score (nSPS) is 27.8. The molecule has 2 heteroatoms. The summed E-state index contributed by atoms with van der Waals surface area (Å²) in [5.74, 6) is 0. The van der Waals surface area contributed by atoms with E-state index >= 15 is 0 Å². The van der Waals surface area contributed by atoms with Crippen molar-refractivity contribution >= 4 is 0 Å². The van der Waals surface area contributed by atoms with E-state index in [9.17, 15) is 0 Å². The molecule has 2 aliphatic rings. The zero-order valence-electron chi connectivity index (χ0n) is 9.26. The molecule has 0 radical (unpaired) electrons. The van der Waals surface area contributed by atoms with Gasteiger partial charge in [-0.3, -0.25) is 5.32 Å². The molecule has 0 spiro atoms. The Morgan fingerprint density at radius 1 is 1.43 bits per heavy atom. The van der Waals surface area contributed by atoms with Gasteiger partial charge in [-0.1, -0.05) is 32.9 Å². The molecule has 1 fully saturated rings. The van der Waals surface area contributed by atoms with Gasteiger partial charge in [0.2, 0.25) is 0 Å². The van der Waals surface area contributed by atoms with Crippen molar-refractivity contribution in [3.05, 3.63) is 23.3 Å². The van der Waals surface area contributed by atoms with Crippen LogP contribution >= 0.6 is 0 Å². The Morgan fingerprint density at radius 2 is 2.21 bits per heavy atom. The smallest absolute Gasteiger partial charge is 0.131 e. The Bertz CT molecular complexity index is 277. The molecule has 1 atom stereocenters. The molecular formula is C12H19NO. The summed E-state index contributed by atoms with van der Waals surface area (Å²) in [6.45, 7) is 8.59. The van der Waals surface area contributed by atoms with Crippen LogP contribution < -0.4 is 5.32 Å². The van der Waals surface area contributed by atoms with Crippen LogP contribution in [0.1, 0.15) is 27.2 Å². The molecule has 0 aromatic heterocycles. The van der Waals surface area contributed by atoms with E-state index in [1.54, 1.807) is 0 Å². The van der Waals surface area contributed by atoms with Gasteiger partial charge in [-0.2, -0.15) is 0 Å². The van der Waals surface area contributed by atoms with Crippen molar-refractivity contribution in [1.29, 1.82) is 0 Å². The molecule has 2 rings (SSSR count). The standard InChI is InChI=1S/C12H19NO/c1-12(2,3)10-6-4-5-9(10)11-13-7-8-14-11/h4,6,11,13H,5,7-8H2,1-3H3. The molecule has 1 aliphatic carbocycles. The van der Waals surface area contributed by atoms with Crippen LogP contribution in [0.2, 0.25) is 0 Å². The first-order chi connectivity index (χ1) is 6.59. The molecule has 14 heavy (non-hydrogen) atoms. The molecule has 1 saturated heterocycles. The lowest BCUT2D eigenvalue weighted by Gasteiger charge is -2.24. The van der Waals surface area contributed by atoms with Crippen molar-refractivity contribution in [3.63, 3.8) is 0 Å². The summed E-state index contributed by atoms with van der Waals surface area (Å²) in [5.41, 5.74) is 3.10. The minimum absolute atomic E-state index is 0.166. The maximum atomic E-state index is 5.65. The molecular weight excluding hydrogens is 174 g/mol. The number of rotatable bonds is 1. The Labute approximate surface area is 86.0 Å². The van der Waals surface area contributed by atoms with Gasteiger partial charge in [-0.15, -0.1) is 0 Å². The lowest BCUT2D eigenvalue weighted by Crippen LogP contribution is -2.26. The van der Waals surface area contributed by atoms with E-state index in [-0.39, 0.29) is 11.6 Å². The second-order valence-electron chi connectivity index (χ2n) is 5.00. The molecule has 0 amide bonds. The van der Waals surface area contributed by atoms with Crippen molar-refractivity contribution in [2.75, 3.05) is 13.2 Å². The number of nitrogens with one attached hydrogen (secondary N) is 1. The van der Waals surface area contributed by atoms with E-state index in [1.807, 2.05) is 0 Å². The molecule has 1 heterocycles. The van der Waals surface area contributed by atoms with Crippen LogP contribution in [0.5, 0.6) is 0 Å². The minimum Gasteiger partial charge on any atom is -0.358 e. The Hall–Kier alpha value is -0.600. The lowest BCUT2D eigenvalue weighted by molar-refractivity contribution is 0.126. The van der Waals surface area contributed by atoms with Crippen LogP contribution in [0.3, 0.4) is 0 Å². The van der Waals surface area contributed by atoms with E-state index < -0.39 is 0 Å². The van der Waals surface area contributed by atoms with Gasteiger partial charge in [0.05, 0.1) is 6.61 Å². The van der Waals surface area contributed by atoms with Crippen LogP contribution in [-0.2, 0) is 4.74 Å². The van der Waals surface area contributed by atoms with Gasteiger partial charge >= 0.3 is 0 Å². The van der Waals surface area contributed by atoms with E-state index in [0.29, 0.717) is 0 Å². The number of allylic oxidation sites excluding steroid dienone is 3. The highest BCUT2D eigenvalue weighted by atomic mass is 16.5. The molecule has 1 N–H and O–H groups in total. The quantitative estimate of drug-likeness (QED) is 0.689. The van der Waals surface area contributed by atoms with Crippen molar-refractivity contribution < 1.29 is 4.74 Å². The van der Waals surface area contributed by atoms with E-state index in [2.05, 4.69) is 38.2 Å². The molecule has 0 bridgehead atoms. The van der Waals surface area contributed by atoms with Gasteiger partial charge in [0.25, 0.3) is 0 Å². The zero-order chi connectivity index (χ0) is 10.2. The highest BCUT2D eigenvalue weighted by Crippen LogP contribution is 2.36. The van der Waals surface area contributed by atoms with Gasteiger partial charge in [-0.05, 0) is 23.0 Å². The highest BCUT2D eigenvalue weighted by Gasteiger charge is 2.28. The SMILES string of the molecule is CC(C)(C)C1=C(C2NCCO2)CC=C1. The number of hydrogen-bond acceptors (Lipinski definition) is 2. The second kappa shape index (κ2) is 3.52. The molecule has 1 unspecified atom stereocenters. The average Bonchev–Trinajstić information content (AvgIpc) is 2.73. The van der Waals surface area contributed by atoms with E-state index in [4.69, 9.17) is 4.74 Å². The highest BCUT2D eigenvalue weighted by molar-refractivity contribution is 5.39. The van der Waals surface area contributed by atoms with Crippen LogP contribution in [0.15, 0.2) is 23.3 Å². The summed E-state index contributed by atoms with van der Waals surface area (Å²) in [4.78, 5) is 0. The first-order valence-corrected chi connectivity index (χ1v) is 5.34. The monoisotopic (exact) mass is 193 g/mol. The minimum atomic E-state index is 0.166. The van der Waals surface area contributed by atoms with Gasteiger partial charge in [-0.25, -0.2) is 0 Å². The van der Waals surface area contributed by atoms with Crippen LogP contribution in [0.25, 0.3) is 0 Å². The predicted octanol–water partition coefficient (Wildman–Crippen LogP) is 2.23. The fourth-order valence-corrected chi connectivity index (χ4v) is 2.15. The third-order valence-electron chi connectivity index (χ3n) is 2.81. The maximum Gasteiger partial charge on any atom is 0.131 e. The van der Waals surface area contributed by atoms with Gasteiger partial charge < -0.3 is 4.74 Å². The fraction of sp³-hybridized carbons (Fsp3) is 0.667. The first-order valence-electron chi connectivity index (χ1n) is 5.34. The van der Waals surface area contributed by atoms with E-state index in [1.165, 1.54) is 11.1 Å². The van der Waals surface area contributed by atoms with Crippen molar-refractivity contribution in [1.82, 2.24) is 5.32 Å². The third kappa shape index (κ3) is 1.77. The fourth-order valence-electron chi connectivity index (χ4n) is 2.15. The topological polar surface area (TPSA) is 21.3 Å². The summed E-state index contributed by atoms with van der Waals surface area (Å²) < 4.78 is 5.65. The maximum absolute atomic E-state index is 5.65. The Kier molecular flexibility index (Phi) is 2.50. The lowest BCUT2D eigenvalue weighted by atomic mass is 9.84. The van der Waals surface area contributed by atoms with Gasteiger partial charge in [0.15, 0.2) is 0 Å². The zero-order valence-corrected chi connectivity index (χ0v) is 9.26. The van der Waals surface area contributed by atoms with Crippen molar-refractivity contribution in [2.24, 2.45) is 5.41 Å². The Balaban J connectivity index is 2.24. The average molecular weight is 193 g/mol. The van der Waals surface area contributed by atoms with Crippen LogP contribution in [0, 0.1) is 5.41 Å². The number of hydrogen-bond donors (Lipinski definition) is 1. The molecule has 78 valence electrons. The number of ether oxygens (including phenoxy) is 1. The third-order valence-corrected chi connectivity index (χ3v) is 2.81. The van der Waals surface area contributed by atoms with Crippen molar-refractivity contribution in [3.8, 4) is 0 Å². The summed E-state index contributed by atoms with van der Waals surface area (Å²) in [6.07, 6.45) is 5.70. The first kappa shape index (κ1) is 9.94. The largest absolute Gasteiger partial charge is 0.358 e. The summed E-state index contributed by atoms with van der Waals surface area (Å²) >= 11 is 0. The Morgan fingerprint density at radius 3 is 2.79 bits per heavy atom. The summed E-state index contributed by atoms with van der Waals surface area (Å²) in [5, 5.41) is 3.38. The molecule has 0 aromatic carbocycles. The summed E-state index contributed by atoms with van der Waals surface area (Å²) in [6, 6.07) is 0. The molecule has 0 aromatic rings. The second-order valence-corrected chi connectivity index (χ2v) is 5.00. The molecule has 2 nitrogen and oxygen atoms in total. The van der Waals surface area contributed by atoms with Crippen LogP contribution in [0.4, 0.5) is 0 Å². The van der Waals surface area contributed by atoms with Crippen LogP contribution in [-0.4, -0.2) is 19.4 Å². The van der Waals surface area contributed by atoms with Gasteiger partial charge in [0, 0.05) is 6.54 Å². The molecule has 0 saturated carbocycles. The van der Waals surface area contributed by atoms with E-state index in [0.717, 1.165) is 19.6 Å². The molecule has 1 aliphatic heterocycles.